The number of anilines is 1. The second-order valence-corrected chi connectivity index (χ2v) is 7.12. The Morgan fingerprint density at radius 3 is 2.36 bits per heavy atom. The van der Waals surface area contributed by atoms with Crippen LogP contribution in [0, 0.1) is 0 Å². The van der Waals surface area contributed by atoms with E-state index in [4.69, 9.17) is 14.9 Å². The summed E-state index contributed by atoms with van der Waals surface area (Å²) in [6.45, 7) is 0. The first-order chi connectivity index (χ1) is 16.9. The zero-order valence-corrected chi connectivity index (χ0v) is 17.5. The molecule has 4 N–H and O–H groups in total. The fourth-order valence-corrected chi connectivity index (χ4v) is 3.13. The third-order valence-corrected chi connectivity index (χ3v) is 4.73. The predicted molar refractivity (Wildman–Crippen MR) is 114 cm³/mol. The number of halogens is 3. The number of rotatable bonds is 5. The molecule has 0 aliphatic carbocycles. The summed E-state index contributed by atoms with van der Waals surface area (Å²) >= 11 is 0. The summed E-state index contributed by atoms with van der Waals surface area (Å²) in [6.07, 6.45) is -4.06. The molecular weight excluding hydrogens is 491 g/mol. The van der Waals surface area contributed by atoms with Crippen molar-refractivity contribution in [3.8, 4) is 11.6 Å². The van der Waals surface area contributed by atoms with E-state index in [-0.39, 0.29) is 28.2 Å². The number of fused-ring (bicyclic) bond motifs is 1. The van der Waals surface area contributed by atoms with E-state index in [0.717, 1.165) is 23.2 Å². The molecule has 2 aromatic heterocycles. The second-order valence-electron chi connectivity index (χ2n) is 7.12. The number of hydrogen-bond donors (Lipinski definition) is 4. The van der Waals surface area contributed by atoms with E-state index in [2.05, 4.69) is 20.3 Å². The Labute approximate surface area is 196 Å². The summed E-state index contributed by atoms with van der Waals surface area (Å²) in [5.74, 6) is -3.22. The second kappa shape index (κ2) is 8.86. The van der Waals surface area contributed by atoms with E-state index >= 15 is 0 Å². The van der Waals surface area contributed by atoms with Crippen LogP contribution < -0.4 is 15.6 Å². The van der Waals surface area contributed by atoms with Gasteiger partial charge in [0, 0.05) is 5.69 Å². The van der Waals surface area contributed by atoms with Crippen molar-refractivity contribution in [1.82, 2.24) is 19.5 Å². The molecule has 0 unspecified atom stereocenters. The number of aromatic carboxylic acids is 2. The predicted octanol–water partition coefficient (Wildman–Crippen LogP) is 3.13. The average Bonchev–Trinajstić information content (AvgIpc) is 3.25. The lowest BCUT2D eigenvalue weighted by Gasteiger charge is -2.14. The van der Waals surface area contributed by atoms with Crippen LogP contribution in [0.5, 0.6) is 5.88 Å². The molecule has 0 spiro atoms. The largest absolute Gasteiger partial charge is 0.478 e. The van der Waals surface area contributed by atoms with E-state index in [9.17, 15) is 32.3 Å². The van der Waals surface area contributed by atoms with E-state index < -0.39 is 46.7 Å². The minimum atomic E-state index is -4.89. The first-order valence-corrected chi connectivity index (χ1v) is 9.67. The van der Waals surface area contributed by atoms with Gasteiger partial charge in [-0.05, 0) is 36.4 Å². The number of carboxylic acid groups (broad SMARTS) is 2. The lowest BCUT2D eigenvalue weighted by atomic mass is 10.1. The zero-order chi connectivity index (χ0) is 26.2. The number of amides is 1. The molecule has 0 saturated carbocycles. The van der Waals surface area contributed by atoms with Crippen LogP contribution in [0.3, 0.4) is 0 Å². The standard InChI is InChI=1S/C21H12F3N5O7/c22-21(23,24)11-5-12-13(27-16(19(33)34)17(30)28-12)6-14(11)29-7-15(25-8-29)36-20(35)26-10-3-1-9(2-4-10)18(31)32/h1-8H,(H,26,35)(H,28,30)(H,31,32)(H,33,34). The lowest BCUT2D eigenvalue weighted by molar-refractivity contribution is -0.137. The Morgan fingerprint density at radius 1 is 1.06 bits per heavy atom. The maximum Gasteiger partial charge on any atom is 0.418 e. The van der Waals surface area contributed by atoms with Gasteiger partial charge < -0.3 is 24.5 Å². The van der Waals surface area contributed by atoms with Crippen LogP contribution in [0.1, 0.15) is 26.4 Å². The molecule has 0 radical (unpaired) electrons. The quantitative estimate of drug-likeness (QED) is 0.319. The summed E-state index contributed by atoms with van der Waals surface area (Å²) in [4.78, 5) is 55.4. The highest BCUT2D eigenvalue weighted by Gasteiger charge is 2.35. The fourth-order valence-electron chi connectivity index (χ4n) is 3.13. The zero-order valence-electron chi connectivity index (χ0n) is 17.5. The van der Waals surface area contributed by atoms with Crippen LogP contribution in [0.25, 0.3) is 16.7 Å². The van der Waals surface area contributed by atoms with Crippen molar-refractivity contribution in [1.29, 1.82) is 0 Å². The molecule has 0 aliphatic heterocycles. The molecule has 0 atom stereocenters. The first-order valence-electron chi connectivity index (χ1n) is 9.67. The smallest absolute Gasteiger partial charge is 0.418 e. The van der Waals surface area contributed by atoms with Crippen molar-refractivity contribution < 1.29 is 42.5 Å². The number of imidazole rings is 1. The number of nitrogens with one attached hydrogen (secondary N) is 2. The van der Waals surface area contributed by atoms with Crippen molar-refractivity contribution >= 4 is 34.8 Å². The van der Waals surface area contributed by atoms with Gasteiger partial charge in [0.15, 0.2) is 0 Å². The van der Waals surface area contributed by atoms with Gasteiger partial charge in [-0.25, -0.2) is 24.4 Å². The minimum absolute atomic E-state index is 0.0162. The Morgan fingerprint density at radius 2 is 1.75 bits per heavy atom. The molecule has 0 fully saturated rings. The van der Waals surface area contributed by atoms with Gasteiger partial charge in [0.25, 0.3) is 5.56 Å². The summed E-state index contributed by atoms with van der Waals surface area (Å²) in [5, 5.41) is 20.3. The topological polar surface area (TPSA) is 176 Å². The number of ether oxygens (including phenoxy) is 1. The number of nitrogens with zero attached hydrogens (tertiary/aromatic N) is 3. The molecule has 0 aliphatic rings. The Kier molecular flexibility index (Phi) is 5.89. The molecule has 12 nitrogen and oxygen atoms in total. The van der Waals surface area contributed by atoms with E-state index in [1.165, 1.54) is 24.3 Å². The molecular formula is C21H12F3N5O7. The molecule has 15 heteroatoms. The summed E-state index contributed by atoms with van der Waals surface area (Å²) in [6, 6.07) is 6.58. The monoisotopic (exact) mass is 503 g/mol. The van der Waals surface area contributed by atoms with Crippen molar-refractivity contribution in [2.45, 2.75) is 6.18 Å². The number of benzene rings is 2. The lowest BCUT2D eigenvalue weighted by Crippen LogP contribution is -2.20. The molecule has 184 valence electrons. The van der Waals surface area contributed by atoms with Crippen LogP contribution >= 0.6 is 0 Å². The molecule has 36 heavy (non-hydrogen) atoms. The average molecular weight is 503 g/mol. The highest BCUT2D eigenvalue weighted by atomic mass is 19.4. The molecule has 4 rings (SSSR count). The van der Waals surface area contributed by atoms with Crippen LogP contribution in [0.2, 0.25) is 0 Å². The minimum Gasteiger partial charge on any atom is -0.478 e. The molecule has 0 bridgehead atoms. The van der Waals surface area contributed by atoms with E-state index in [0.29, 0.717) is 6.07 Å². The number of hydrogen-bond acceptors (Lipinski definition) is 7. The van der Waals surface area contributed by atoms with Crippen LogP contribution in [0.15, 0.2) is 53.7 Å². The van der Waals surface area contributed by atoms with Gasteiger partial charge in [0.2, 0.25) is 11.6 Å². The molecule has 1 amide bonds. The number of carboxylic acids is 2. The summed E-state index contributed by atoms with van der Waals surface area (Å²) in [7, 11) is 0. The summed E-state index contributed by atoms with van der Waals surface area (Å²) in [5.41, 5.74) is -4.22. The Hall–Kier alpha value is -5.21. The highest BCUT2D eigenvalue weighted by molar-refractivity contribution is 5.90. The number of H-pyrrole nitrogens is 1. The van der Waals surface area contributed by atoms with Gasteiger partial charge in [0.1, 0.15) is 6.33 Å². The van der Waals surface area contributed by atoms with Crippen molar-refractivity contribution in [2.24, 2.45) is 0 Å². The fraction of sp³-hybridized carbons (Fsp3) is 0.0476. The van der Waals surface area contributed by atoms with Crippen LogP contribution in [-0.2, 0) is 6.18 Å². The maximum atomic E-state index is 13.7. The van der Waals surface area contributed by atoms with Crippen molar-refractivity contribution in [3.63, 3.8) is 0 Å². The number of carbonyl (C=O) groups excluding carboxylic acids is 1. The number of aromatic nitrogens is 4. The Balaban J connectivity index is 1.64. The van der Waals surface area contributed by atoms with Gasteiger partial charge in [-0.15, -0.1) is 0 Å². The van der Waals surface area contributed by atoms with Crippen molar-refractivity contribution in [3.05, 3.63) is 76.1 Å². The van der Waals surface area contributed by atoms with Gasteiger partial charge >= 0.3 is 24.2 Å². The van der Waals surface area contributed by atoms with Gasteiger partial charge in [-0.3, -0.25) is 10.1 Å². The van der Waals surface area contributed by atoms with E-state index in [1.807, 2.05) is 0 Å². The number of alkyl halides is 3. The van der Waals surface area contributed by atoms with Crippen LogP contribution in [-0.4, -0.2) is 47.8 Å². The van der Waals surface area contributed by atoms with Gasteiger partial charge in [-0.2, -0.15) is 13.2 Å². The highest BCUT2D eigenvalue weighted by Crippen LogP contribution is 2.36. The third kappa shape index (κ3) is 4.84. The first kappa shape index (κ1) is 23.9. The van der Waals surface area contributed by atoms with Gasteiger partial charge in [0.05, 0.1) is 34.0 Å². The Bertz CT molecular complexity index is 1580. The number of carbonyl (C=O) groups is 3. The van der Waals surface area contributed by atoms with Crippen molar-refractivity contribution in [2.75, 3.05) is 5.32 Å². The molecule has 4 aromatic rings. The molecule has 2 heterocycles. The van der Waals surface area contributed by atoms with Crippen LogP contribution in [0.4, 0.5) is 23.7 Å². The molecule has 0 saturated heterocycles. The third-order valence-electron chi connectivity index (χ3n) is 4.73. The summed E-state index contributed by atoms with van der Waals surface area (Å²) < 4.78 is 47.0. The SMILES string of the molecule is O=C(Nc1ccc(C(=O)O)cc1)Oc1cn(-c2cc3nc(C(=O)O)c(=O)[nH]c3cc2C(F)(F)F)cn1. The molecule has 2 aromatic carbocycles. The van der Waals surface area contributed by atoms with E-state index in [1.54, 1.807) is 0 Å². The van der Waals surface area contributed by atoms with Gasteiger partial charge in [-0.1, -0.05) is 0 Å². The number of aromatic amines is 1. The maximum absolute atomic E-state index is 13.7. The normalized spacial score (nSPS) is 11.3.